The lowest BCUT2D eigenvalue weighted by Gasteiger charge is -2.13. The monoisotopic (exact) mass is 409 g/mol. The zero-order valence-corrected chi connectivity index (χ0v) is 17.2. The van der Waals surface area contributed by atoms with E-state index in [-0.39, 0.29) is 12.3 Å². The highest BCUT2D eigenvalue weighted by Gasteiger charge is 2.31. The second-order valence-electron chi connectivity index (χ2n) is 6.45. The number of carboxylic acids is 1. The number of carboxylic acid groups (broad SMARTS) is 1. The van der Waals surface area contributed by atoms with Gasteiger partial charge in [-0.2, -0.15) is 0 Å². The number of benzene rings is 1. The summed E-state index contributed by atoms with van der Waals surface area (Å²) in [5.41, 5.74) is 0.801. The van der Waals surface area contributed by atoms with Crippen LogP contribution in [0.2, 0.25) is 0 Å². The SMILES string of the molecule is COc1cc(C=C2SC(=S)N(CCCC(=O)O)C2=O)ccc1OCC(C)C. The Morgan fingerprint density at radius 2 is 2.11 bits per heavy atom. The molecule has 0 spiro atoms. The summed E-state index contributed by atoms with van der Waals surface area (Å²) >= 11 is 6.47. The van der Waals surface area contributed by atoms with Crippen molar-refractivity contribution in [3.8, 4) is 11.5 Å². The topological polar surface area (TPSA) is 76.1 Å². The van der Waals surface area contributed by atoms with Crippen LogP contribution in [-0.4, -0.2) is 46.5 Å². The van der Waals surface area contributed by atoms with Crippen LogP contribution in [0.5, 0.6) is 11.5 Å². The van der Waals surface area contributed by atoms with Gasteiger partial charge in [0.2, 0.25) is 0 Å². The van der Waals surface area contributed by atoms with E-state index < -0.39 is 5.97 Å². The van der Waals surface area contributed by atoms with Gasteiger partial charge in [0.05, 0.1) is 18.6 Å². The van der Waals surface area contributed by atoms with Gasteiger partial charge < -0.3 is 14.6 Å². The fraction of sp³-hybridized carbons (Fsp3) is 0.421. The number of rotatable bonds is 9. The maximum atomic E-state index is 12.5. The van der Waals surface area contributed by atoms with Crippen LogP contribution in [0, 0.1) is 5.92 Å². The van der Waals surface area contributed by atoms with E-state index in [2.05, 4.69) is 13.8 Å². The van der Waals surface area contributed by atoms with Crippen molar-refractivity contribution < 1.29 is 24.2 Å². The molecule has 6 nitrogen and oxygen atoms in total. The number of carbonyl (C=O) groups is 2. The van der Waals surface area contributed by atoms with E-state index in [0.717, 1.165) is 5.56 Å². The molecular formula is C19H23NO5S2. The Bertz CT molecular complexity index is 760. The molecule has 0 aromatic heterocycles. The first-order valence-corrected chi connectivity index (χ1v) is 9.82. The molecule has 0 unspecified atom stereocenters. The molecule has 27 heavy (non-hydrogen) atoms. The standard InChI is InChI=1S/C19H23NO5S2/c1-12(2)11-25-14-7-6-13(9-15(14)24-3)10-16-18(23)20(19(26)27-16)8-4-5-17(21)22/h6-7,9-10,12H,4-5,8,11H2,1-3H3,(H,21,22). The smallest absolute Gasteiger partial charge is 0.303 e. The predicted octanol–water partition coefficient (Wildman–Crippen LogP) is 3.80. The van der Waals surface area contributed by atoms with Gasteiger partial charge in [0.15, 0.2) is 11.5 Å². The first-order valence-electron chi connectivity index (χ1n) is 8.59. The summed E-state index contributed by atoms with van der Waals surface area (Å²) in [6.45, 7) is 5.03. The molecule has 1 aliphatic rings. The Kier molecular flexibility index (Phi) is 7.67. The van der Waals surface area contributed by atoms with Gasteiger partial charge >= 0.3 is 5.97 Å². The molecule has 1 aliphatic heterocycles. The van der Waals surface area contributed by atoms with Crippen molar-refractivity contribution in [1.29, 1.82) is 0 Å². The van der Waals surface area contributed by atoms with Gasteiger partial charge in [0.25, 0.3) is 5.91 Å². The third kappa shape index (κ3) is 5.97. The van der Waals surface area contributed by atoms with Crippen LogP contribution in [0.25, 0.3) is 6.08 Å². The average molecular weight is 410 g/mol. The summed E-state index contributed by atoms with van der Waals surface area (Å²) in [5.74, 6) is 0.570. The number of amides is 1. The quantitative estimate of drug-likeness (QED) is 0.491. The van der Waals surface area contributed by atoms with Crippen LogP contribution in [0.4, 0.5) is 0 Å². The van der Waals surface area contributed by atoms with Crippen LogP contribution in [0.3, 0.4) is 0 Å². The normalized spacial score (nSPS) is 15.7. The summed E-state index contributed by atoms with van der Waals surface area (Å²) < 4.78 is 11.6. The highest BCUT2D eigenvalue weighted by molar-refractivity contribution is 8.26. The van der Waals surface area contributed by atoms with Crippen LogP contribution < -0.4 is 9.47 Å². The number of carbonyl (C=O) groups excluding carboxylic acids is 1. The molecule has 1 heterocycles. The van der Waals surface area contributed by atoms with E-state index in [1.807, 2.05) is 18.2 Å². The Morgan fingerprint density at radius 1 is 1.37 bits per heavy atom. The molecule has 1 fully saturated rings. The minimum Gasteiger partial charge on any atom is -0.493 e. The Labute approximate surface area is 168 Å². The molecule has 0 radical (unpaired) electrons. The predicted molar refractivity (Wildman–Crippen MR) is 110 cm³/mol. The summed E-state index contributed by atoms with van der Waals surface area (Å²) in [6, 6.07) is 5.49. The maximum absolute atomic E-state index is 12.5. The molecule has 0 aliphatic carbocycles. The van der Waals surface area contributed by atoms with Crippen LogP contribution in [0.1, 0.15) is 32.3 Å². The molecular weight excluding hydrogens is 386 g/mol. The Balaban J connectivity index is 2.12. The van der Waals surface area contributed by atoms with Crippen LogP contribution in [0.15, 0.2) is 23.1 Å². The highest BCUT2D eigenvalue weighted by Crippen LogP contribution is 2.35. The third-order valence-corrected chi connectivity index (χ3v) is 5.08. The molecule has 1 saturated heterocycles. The second kappa shape index (κ2) is 9.75. The zero-order valence-electron chi connectivity index (χ0n) is 15.6. The van der Waals surface area contributed by atoms with Crippen molar-refractivity contribution in [2.24, 2.45) is 5.92 Å². The van der Waals surface area contributed by atoms with Gasteiger partial charge in [0, 0.05) is 13.0 Å². The number of nitrogens with zero attached hydrogens (tertiary/aromatic N) is 1. The second-order valence-corrected chi connectivity index (χ2v) is 8.12. The van der Waals surface area contributed by atoms with Crippen molar-refractivity contribution in [1.82, 2.24) is 4.90 Å². The fourth-order valence-electron chi connectivity index (χ4n) is 2.38. The van der Waals surface area contributed by atoms with Crippen molar-refractivity contribution in [2.45, 2.75) is 26.7 Å². The fourth-order valence-corrected chi connectivity index (χ4v) is 3.69. The number of hydrogen-bond donors (Lipinski definition) is 1. The van der Waals surface area contributed by atoms with E-state index in [9.17, 15) is 9.59 Å². The van der Waals surface area contributed by atoms with E-state index in [1.54, 1.807) is 13.2 Å². The van der Waals surface area contributed by atoms with Gasteiger partial charge in [-0.1, -0.05) is 43.9 Å². The summed E-state index contributed by atoms with van der Waals surface area (Å²) in [5, 5.41) is 8.73. The first kappa shape index (κ1) is 21.2. The van der Waals surface area contributed by atoms with Gasteiger partial charge in [0.1, 0.15) is 4.32 Å². The first-order chi connectivity index (χ1) is 12.8. The number of hydrogen-bond acceptors (Lipinski definition) is 6. The lowest BCUT2D eigenvalue weighted by atomic mass is 10.1. The van der Waals surface area contributed by atoms with Crippen LogP contribution >= 0.6 is 24.0 Å². The minimum atomic E-state index is -0.886. The molecule has 146 valence electrons. The van der Waals surface area contributed by atoms with Gasteiger partial charge in [-0.25, -0.2) is 0 Å². The molecule has 0 atom stereocenters. The number of methoxy groups -OCH3 is 1. The van der Waals surface area contributed by atoms with E-state index in [4.69, 9.17) is 26.8 Å². The minimum absolute atomic E-state index is 0.00510. The third-order valence-electron chi connectivity index (χ3n) is 3.70. The lowest BCUT2D eigenvalue weighted by molar-refractivity contribution is -0.137. The van der Waals surface area contributed by atoms with Gasteiger partial charge in [-0.3, -0.25) is 14.5 Å². The summed E-state index contributed by atoms with van der Waals surface area (Å²) in [6.07, 6.45) is 2.13. The maximum Gasteiger partial charge on any atom is 0.303 e. The average Bonchev–Trinajstić information content (AvgIpc) is 2.87. The van der Waals surface area contributed by atoms with Crippen molar-refractivity contribution in [3.63, 3.8) is 0 Å². The molecule has 1 aromatic rings. The van der Waals surface area contributed by atoms with Crippen LogP contribution in [-0.2, 0) is 9.59 Å². The number of aliphatic carboxylic acids is 1. The van der Waals surface area contributed by atoms with Crippen molar-refractivity contribution >= 4 is 46.3 Å². The molecule has 2 rings (SSSR count). The molecule has 1 N–H and O–H groups in total. The largest absolute Gasteiger partial charge is 0.493 e. The van der Waals surface area contributed by atoms with E-state index >= 15 is 0 Å². The number of ether oxygens (including phenoxy) is 2. The zero-order chi connectivity index (χ0) is 20.0. The van der Waals surface area contributed by atoms with Crippen molar-refractivity contribution in [3.05, 3.63) is 28.7 Å². The summed E-state index contributed by atoms with van der Waals surface area (Å²) in [4.78, 5) is 25.1. The molecule has 1 amide bonds. The number of thiocarbonyl (C=S) groups is 1. The lowest BCUT2D eigenvalue weighted by Crippen LogP contribution is -2.29. The molecule has 8 heteroatoms. The molecule has 1 aromatic carbocycles. The van der Waals surface area contributed by atoms with E-state index in [1.165, 1.54) is 16.7 Å². The van der Waals surface area contributed by atoms with Gasteiger partial charge in [-0.15, -0.1) is 0 Å². The Hall–Kier alpha value is -2.06. The highest BCUT2D eigenvalue weighted by atomic mass is 32.2. The Morgan fingerprint density at radius 3 is 2.74 bits per heavy atom. The molecule has 0 bridgehead atoms. The van der Waals surface area contributed by atoms with E-state index in [0.29, 0.717) is 46.2 Å². The summed E-state index contributed by atoms with van der Waals surface area (Å²) in [7, 11) is 1.57. The number of thioether (sulfide) groups is 1. The van der Waals surface area contributed by atoms with Gasteiger partial charge in [-0.05, 0) is 36.1 Å². The van der Waals surface area contributed by atoms with Crippen molar-refractivity contribution in [2.75, 3.05) is 20.3 Å². The molecule has 0 saturated carbocycles.